The quantitative estimate of drug-likeness (QED) is 0.695. The van der Waals surface area contributed by atoms with Crippen LogP contribution in [0.4, 0.5) is 0 Å². The van der Waals surface area contributed by atoms with Gasteiger partial charge in [-0.2, -0.15) is 0 Å². The lowest BCUT2D eigenvalue weighted by molar-refractivity contribution is 0.0976. The molecule has 82 valence electrons. The normalized spacial score (nSPS) is 16.2. The Labute approximate surface area is 102 Å². The number of pyridine rings is 1. The number of hydrogen-bond acceptors (Lipinski definition) is 2. The first-order valence-corrected chi connectivity index (χ1v) is 6.25. The van der Waals surface area contributed by atoms with Crippen molar-refractivity contribution in [2.75, 3.05) is 0 Å². The molecule has 3 nitrogen and oxygen atoms in total. The summed E-state index contributed by atoms with van der Waals surface area (Å²) in [7, 11) is 0. The van der Waals surface area contributed by atoms with Crippen LogP contribution < -0.4 is 0 Å². The number of halogens is 1. The zero-order valence-corrected chi connectivity index (χ0v) is 10.3. The van der Waals surface area contributed by atoms with Crippen molar-refractivity contribution in [3.8, 4) is 0 Å². The van der Waals surface area contributed by atoms with Crippen LogP contribution in [-0.4, -0.2) is 15.2 Å². The van der Waals surface area contributed by atoms with Crippen molar-refractivity contribution in [2.45, 2.75) is 25.7 Å². The first-order chi connectivity index (χ1) is 7.75. The Morgan fingerprint density at radius 2 is 2.12 bits per heavy atom. The molecule has 2 aromatic rings. The number of carbonyl (C=O) groups excluding carboxylic acids is 1. The largest absolute Gasteiger partial charge is 0.297 e. The van der Waals surface area contributed by atoms with Crippen LogP contribution in [0.25, 0.3) is 5.65 Å². The van der Waals surface area contributed by atoms with Crippen molar-refractivity contribution in [3.05, 3.63) is 34.2 Å². The second-order valence-electron chi connectivity index (χ2n) is 4.11. The van der Waals surface area contributed by atoms with Crippen LogP contribution in [0.3, 0.4) is 0 Å². The van der Waals surface area contributed by atoms with Gasteiger partial charge < -0.3 is 0 Å². The van der Waals surface area contributed by atoms with Crippen LogP contribution in [-0.2, 0) is 6.42 Å². The molecular formula is C12H11BrN2O. The van der Waals surface area contributed by atoms with Crippen molar-refractivity contribution in [3.63, 3.8) is 0 Å². The van der Waals surface area contributed by atoms with Gasteiger partial charge in [0, 0.05) is 17.1 Å². The van der Waals surface area contributed by atoms with E-state index in [-0.39, 0.29) is 5.78 Å². The Morgan fingerprint density at radius 1 is 1.31 bits per heavy atom. The fraction of sp³-hybridized carbons (Fsp3) is 0.333. The Morgan fingerprint density at radius 3 is 3.00 bits per heavy atom. The van der Waals surface area contributed by atoms with E-state index in [4.69, 9.17) is 0 Å². The Bertz CT molecular complexity index is 574. The summed E-state index contributed by atoms with van der Waals surface area (Å²) in [5, 5.41) is 0. The van der Waals surface area contributed by atoms with Gasteiger partial charge >= 0.3 is 0 Å². The monoisotopic (exact) mass is 278 g/mol. The summed E-state index contributed by atoms with van der Waals surface area (Å²) < 4.78 is 2.90. The van der Waals surface area contributed by atoms with E-state index in [2.05, 4.69) is 20.9 Å². The predicted molar refractivity (Wildman–Crippen MR) is 64.8 cm³/mol. The molecule has 0 aliphatic heterocycles. The highest BCUT2D eigenvalue weighted by Gasteiger charge is 2.21. The highest BCUT2D eigenvalue weighted by atomic mass is 79.9. The Kier molecular flexibility index (Phi) is 2.32. The van der Waals surface area contributed by atoms with E-state index in [9.17, 15) is 4.79 Å². The third-order valence-corrected chi connectivity index (χ3v) is 3.49. The van der Waals surface area contributed by atoms with Crippen molar-refractivity contribution >= 4 is 27.4 Å². The summed E-state index contributed by atoms with van der Waals surface area (Å²) in [6, 6.07) is 3.88. The molecular weight excluding hydrogens is 268 g/mol. The molecule has 0 radical (unpaired) electrons. The third kappa shape index (κ3) is 1.48. The molecule has 0 bridgehead atoms. The minimum atomic E-state index is 0.224. The first-order valence-electron chi connectivity index (χ1n) is 5.45. The summed E-state index contributed by atoms with van der Waals surface area (Å²) in [5.74, 6) is 0.224. The van der Waals surface area contributed by atoms with Gasteiger partial charge in [-0.25, -0.2) is 4.98 Å². The summed E-state index contributed by atoms with van der Waals surface area (Å²) in [6.07, 6.45) is 5.52. The molecule has 0 spiro atoms. The van der Waals surface area contributed by atoms with Crippen molar-refractivity contribution in [2.24, 2.45) is 0 Å². The summed E-state index contributed by atoms with van der Waals surface area (Å²) in [6.45, 7) is 0. The Hall–Kier alpha value is -1.16. The number of imidazole rings is 1. The summed E-state index contributed by atoms with van der Waals surface area (Å²) in [5.41, 5.74) is 2.61. The molecule has 0 amide bonds. The lowest BCUT2D eigenvalue weighted by Crippen LogP contribution is -2.03. The van der Waals surface area contributed by atoms with Gasteiger partial charge in [-0.05, 0) is 31.4 Å². The number of fused-ring (bicyclic) bond motifs is 3. The Balaban J connectivity index is 2.30. The van der Waals surface area contributed by atoms with Crippen LogP contribution in [0, 0.1) is 0 Å². The van der Waals surface area contributed by atoms with Gasteiger partial charge in [-0.15, -0.1) is 0 Å². The SMILES string of the molecule is O=C1CCCCc2nc3cc(Br)ccn3c21. The van der Waals surface area contributed by atoms with Gasteiger partial charge in [0.1, 0.15) is 11.3 Å². The molecule has 1 aliphatic carbocycles. The van der Waals surface area contributed by atoms with E-state index < -0.39 is 0 Å². The number of aryl methyl sites for hydroxylation is 1. The van der Waals surface area contributed by atoms with E-state index in [0.717, 1.165) is 40.8 Å². The van der Waals surface area contributed by atoms with Gasteiger partial charge in [-0.1, -0.05) is 15.9 Å². The number of rotatable bonds is 0. The molecule has 2 aromatic heterocycles. The van der Waals surface area contributed by atoms with Gasteiger partial charge in [0.05, 0.1) is 5.69 Å². The topological polar surface area (TPSA) is 34.4 Å². The molecule has 0 atom stereocenters. The zero-order chi connectivity index (χ0) is 11.1. The minimum absolute atomic E-state index is 0.224. The molecule has 0 fully saturated rings. The maximum atomic E-state index is 12.0. The summed E-state index contributed by atoms with van der Waals surface area (Å²) in [4.78, 5) is 16.5. The van der Waals surface area contributed by atoms with Gasteiger partial charge in [-0.3, -0.25) is 9.20 Å². The lowest BCUT2D eigenvalue weighted by Gasteiger charge is -1.99. The molecule has 0 saturated carbocycles. The number of nitrogens with zero attached hydrogens (tertiary/aromatic N) is 2. The highest BCUT2D eigenvalue weighted by Crippen LogP contribution is 2.23. The molecule has 3 rings (SSSR count). The maximum Gasteiger partial charge on any atom is 0.181 e. The van der Waals surface area contributed by atoms with Gasteiger partial charge in [0.15, 0.2) is 5.78 Å². The van der Waals surface area contributed by atoms with Crippen LogP contribution >= 0.6 is 15.9 Å². The second-order valence-corrected chi connectivity index (χ2v) is 5.03. The molecule has 0 N–H and O–H groups in total. The number of Topliss-reactive ketones (excluding diaryl/α,β-unsaturated/α-hetero) is 1. The van der Waals surface area contributed by atoms with Crippen molar-refractivity contribution < 1.29 is 4.79 Å². The first kappa shape index (κ1) is 10.0. The molecule has 0 aromatic carbocycles. The fourth-order valence-corrected chi connectivity index (χ4v) is 2.56. The van der Waals surface area contributed by atoms with E-state index in [1.807, 2.05) is 22.7 Å². The predicted octanol–water partition coefficient (Wildman–Crippen LogP) is 3.01. The minimum Gasteiger partial charge on any atom is -0.297 e. The van der Waals surface area contributed by atoms with Gasteiger partial charge in [0.2, 0.25) is 0 Å². The van der Waals surface area contributed by atoms with Crippen LogP contribution in [0.1, 0.15) is 35.4 Å². The van der Waals surface area contributed by atoms with E-state index in [0.29, 0.717) is 6.42 Å². The standard InChI is InChI=1S/C12H11BrN2O/c13-8-5-6-15-11(7-8)14-9-3-1-2-4-10(16)12(9)15/h5-7H,1-4H2. The molecule has 1 aliphatic rings. The molecule has 4 heteroatoms. The third-order valence-electron chi connectivity index (χ3n) is 2.99. The molecule has 0 saturated heterocycles. The van der Waals surface area contributed by atoms with Crippen LogP contribution in [0.2, 0.25) is 0 Å². The number of carbonyl (C=O) groups is 1. The van der Waals surface area contributed by atoms with Crippen LogP contribution in [0.5, 0.6) is 0 Å². The van der Waals surface area contributed by atoms with E-state index >= 15 is 0 Å². The van der Waals surface area contributed by atoms with Crippen molar-refractivity contribution in [1.29, 1.82) is 0 Å². The lowest BCUT2D eigenvalue weighted by atomic mass is 10.2. The maximum absolute atomic E-state index is 12.0. The smallest absolute Gasteiger partial charge is 0.181 e. The van der Waals surface area contributed by atoms with Gasteiger partial charge in [0.25, 0.3) is 0 Å². The summed E-state index contributed by atoms with van der Waals surface area (Å²) >= 11 is 3.42. The molecule has 0 unspecified atom stereocenters. The number of hydrogen-bond donors (Lipinski definition) is 0. The van der Waals surface area contributed by atoms with Crippen LogP contribution in [0.15, 0.2) is 22.8 Å². The average Bonchev–Trinajstić information content (AvgIpc) is 2.51. The van der Waals surface area contributed by atoms with Crippen molar-refractivity contribution in [1.82, 2.24) is 9.38 Å². The molecule has 16 heavy (non-hydrogen) atoms. The second kappa shape index (κ2) is 3.70. The number of ketones is 1. The molecule has 2 heterocycles. The number of aromatic nitrogens is 2. The fourth-order valence-electron chi connectivity index (χ4n) is 2.23. The van der Waals surface area contributed by atoms with E-state index in [1.165, 1.54) is 0 Å². The highest BCUT2D eigenvalue weighted by molar-refractivity contribution is 9.10. The van der Waals surface area contributed by atoms with E-state index in [1.54, 1.807) is 0 Å². The zero-order valence-electron chi connectivity index (χ0n) is 8.74. The average molecular weight is 279 g/mol.